The Bertz CT molecular complexity index is 528. The van der Waals surface area contributed by atoms with E-state index in [1.807, 2.05) is 16.9 Å². The second-order valence-corrected chi connectivity index (χ2v) is 4.46. The maximum absolute atomic E-state index is 4.66. The highest BCUT2D eigenvalue weighted by atomic mass is 16.6. The summed E-state index contributed by atoms with van der Waals surface area (Å²) in [6.45, 7) is 5.31. The van der Waals surface area contributed by atoms with Gasteiger partial charge in [0.1, 0.15) is 7.11 Å². The maximum atomic E-state index is 4.66. The molecule has 0 saturated carbocycles. The Balaban J connectivity index is 2.34. The molecule has 17 heavy (non-hydrogen) atoms. The quantitative estimate of drug-likeness (QED) is 0.599. The van der Waals surface area contributed by atoms with Gasteiger partial charge in [-0.15, -0.1) is 0 Å². The molecule has 0 atom stereocenters. The highest BCUT2D eigenvalue weighted by molar-refractivity contribution is 5.88. The zero-order valence-corrected chi connectivity index (χ0v) is 10.4. The second kappa shape index (κ2) is 4.99. The van der Waals surface area contributed by atoms with Crippen molar-refractivity contribution in [3.05, 3.63) is 30.0 Å². The molecule has 0 aliphatic carbocycles. The van der Waals surface area contributed by atoms with Crippen molar-refractivity contribution in [1.82, 2.24) is 9.78 Å². The van der Waals surface area contributed by atoms with Crippen LogP contribution in [0.5, 0.6) is 0 Å². The lowest BCUT2D eigenvalue weighted by molar-refractivity contribution is 0.215. The predicted octanol–water partition coefficient (Wildman–Crippen LogP) is 2.67. The van der Waals surface area contributed by atoms with Gasteiger partial charge in [-0.05, 0) is 23.6 Å². The van der Waals surface area contributed by atoms with Gasteiger partial charge >= 0.3 is 0 Å². The molecule has 4 heteroatoms. The lowest BCUT2D eigenvalue weighted by Gasteiger charge is -2.06. The first-order valence-corrected chi connectivity index (χ1v) is 5.73. The summed E-state index contributed by atoms with van der Waals surface area (Å²) in [4.78, 5) is 4.66. The summed E-state index contributed by atoms with van der Waals surface area (Å²) < 4.78 is 2.04. The molecule has 0 N–H and O–H groups in total. The van der Waals surface area contributed by atoms with E-state index in [1.54, 1.807) is 6.21 Å². The Kier molecular flexibility index (Phi) is 3.42. The molecule has 2 aromatic rings. The Morgan fingerprint density at radius 2 is 2.29 bits per heavy atom. The van der Waals surface area contributed by atoms with Crippen molar-refractivity contribution in [1.29, 1.82) is 0 Å². The third kappa shape index (κ3) is 2.64. The van der Waals surface area contributed by atoms with Gasteiger partial charge in [-0.3, -0.25) is 4.68 Å². The molecule has 0 radical (unpaired) electrons. The van der Waals surface area contributed by atoms with Gasteiger partial charge in [-0.25, -0.2) is 0 Å². The molecule has 0 saturated heterocycles. The first-order chi connectivity index (χ1) is 8.20. The summed E-state index contributed by atoms with van der Waals surface area (Å²) >= 11 is 0. The van der Waals surface area contributed by atoms with Crippen LogP contribution in [-0.2, 0) is 11.4 Å². The van der Waals surface area contributed by atoms with Crippen LogP contribution in [0.25, 0.3) is 10.9 Å². The van der Waals surface area contributed by atoms with E-state index >= 15 is 0 Å². The lowest BCUT2D eigenvalue weighted by atomic mass is 10.1. The Morgan fingerprint density at radius 1 is 1.47 bits per heavy atom. The Morgan fingerprint density at radius 3 is 3.00 bits per heavy atom. The number of nitrogens with zero attached hydrogens (tertiary/aromatic N) is 3. The number of oxime groups is 1. The van der Waals surface area contributed by atoms with Crippen molar-refractivity contribution in [2.45, 2.75) is 20.4 Å². The zero-order chi connectivity index (χ0) is 12.3. The van der Waals surface area contributed by atoms with Crippen molar-refractivity contribution >= 4 is 17.1 Å². The largest absolute Gasteiger partial charge is 0.399 e. The minimum absolute atomic E-state index is 0.591. The maximum Gasteiger partial charge on any atom is 0.106 e. The predicted molar refractivity (Wildman–Crippen MR) is 69.2 cm³/mol. The summed E-state index contributed by atoms with van der Waals surface area (Å²) in [5.74, 6) is 0.591. The van der Waals surface area contributed by atoms with Crippen molar-refractivity contribution in [2.24, 2.45) is 11.1 Å². The van der Waals surface area contributed by atoms with E-state index in [-0.39, 0.29) is 0 Å². The molecule has 1 aromatic heterocycles. The van der Waals surface area contributed by atoms with Crippen LogP contribution in [0.15, 0.2) is 29.6 Å². The second-order valence-electron chi connectivity index (χ2n) is 4.46. The van der Waals surface area contributed by atoms with Gasteiger partial charge in [0.05, 0.1) is 17.9 Å². The highest BCUT2D eigenvalue weighted by Crippen LogP contribution is 2.16. The number of rotatable bonds is 4. The van der Waals surface area contributed by atoms with Crippen LogP contribution in [-0.4, -0.2) is 23.1 Å². The molecule has 0 amide bonds. The number of aromatic nitrogens is 2. The molecule has 0 fully saturated rings. The monoisotopic (exact) mass is 231 g/mol. The van der Waals surface area contributed by atoms with Crippen LogP contribution in [0.4, 0.5) is 0 Å². The molecule has 1 heterocycles. The first-order valence-electron chi connectivity index (χ1n) is 5.73. The van der Waals surface area contributed by atoms with Gasteiger partial charge in [-0.2, -0.15) is 5.10 Å². The highest BCUT2D eigenvalue weighted by Gasteiger charge is 2.04. The summed E-state index contributed by atoms with van der Waals surface area (Å²) in [5, 5.41) is 9.28. The van der Waals surface area contributed by atoms with Gasteiger partial charge in [0.2, 0.25) is 0 Å². The van der Waals surface area contributed by atoms with Crippen LogP contribution in [0.2, 0.25) is 0 Å². The van der Waals surface area contributed by atoms with E-state index in [1.165, 1.54) is 7.11 Å². The van der Waals surface area contributed by atoms with Crippen molar-refractivity contribution < 1.29 is 4.84 Å². The number of benzene rings is 1. The topological polar surface area (TPSA) is 39.4 Å². The minimum Gasteiger partial charge on any atom is -0.399 e. The van der Waals surface area contributed by atoms with E-state index in [2.05, 4.69) is 41.1 Å². The third-order valence-corrected chi connectivity index (χ3v) is 2.51. The van der Waals surface area contributed by atoms with Gasteiger partial charge in [0, 0.05) is 11.9 Å². The SMILES string of the molecule is CO/N=C/c1ccc2c(cnn2CC(C)C)c1. The molecular weight excluding hydrogens is 214 g/mol. The summed E-state index contributed by atoms with van der Waals surface area (Å²) in [6.07, 6.45) is 3.58. The smallest absolute Gasteiger partial charge is 0.106 e. The average molecular weight is 231 g/mol. The molecule has 0 unspecified atom stereocenters. The standard InChI is InChI=1S/C13H17N3O/c1-10(2)9-16-13-5-4-11(7-15-17-3)6-12(13)8-14-16/h4-8,10H,9H2,1-3H3/b15-7+. The van der Waals surface area contributed by atoms with E-state index in [0.717, 1.165) is 23.0 Å². The summed E-state index contributed by atoms with van der Waals surface area (Å²) in [5.41, 5.74) is 2.18. The normalized spacial score (nSPS) is 11.8. The molecule has 2 rings (SSSR count). The molecule has 4 nitrogen and oxygen atoms in total. The van der Waals surface area contributed by atoms with Gasteiger partial charge in [-0.1, -0.05) is 25.1 Å². The molecule has 1 aromatic carbocycles. The molecular formula is C13H17N3O. The summed E-state index contributed by atoms with van der Waals surface area (Å²) in [6, 6.07) is 6.15. The van der Waals surface area contributed by atoms with Crippen molar-refractivity contribution in [3.63, 3.8) is 0 Å². The molecule has 0 spiro atoms. The average Bonchev–Trinajstić information content (AvgIpc) is 2.68. The number of hydrogen-bond donors (Lipinski definition) is 0. The van der Waals surface area contributed by atoms with Gasteiger partial charge in [0.25, 0.3) is 0 Å². The first kappa shape index (κ1) is 11.6. The fourth-order valence-electron chi connectivity index (χ4n) is 1.79. The lowest BCUT2D eigenvalue weighted by Crippen LogP contribution is -2.05. The van der Waals surface area contributed by atoms with Gasteiger partial charge < -0.3 is 4.84 Å². The Hall–Kier alpha value is -1.84. The number of hydrogen-bond acceptors (Lipinski definition) is 3. The third-order valence-electron chi connectivity index (χ3n) is 2.51. The van der Waals surface area contributed by atoms with Crippen LogP contribution in [0.1, 0.15) is 19.4 Å². The fraction of sp³-hybridized carbons (Fsp3) is 0.385. The van der Waals surface area contributed by atoms with Gasteiger partial charge in [0.15, 0.2) is 0 Å². The summed E-state index contributed by atoms with van der Waals surface area (Å²) in [7, 11) is 1.54. The van der Waals surface area contributed by atoms with Crippen LogP contribution in [0.3, 0.4) is 0 Å². The number of fused-ring (bicyclic) bond motifs is 1. The Labute approximate surface area is 101 Å². The van der Waals surface area contributed by atoms with E-state index in [9.17, 15) is 0 Å². The van der Waals surface area contributed by atoms with Crippen LogP contribution in [0, 0.1) is 5.92 Å². The molecule has 0 aliphatic heterocycles. The minimum atomic E-state index is 0.591. The van der Waals surface area contributed by atoms with E-state index in [0.29, 0.717) is 5.92 Å². The fourth-order valence-corrected chi connectivity index (χ4v) is 1.79. The van der Waals surface area contributed by atoms with E-state index in [4.69, 9.17) is 0 Å². The zero-order valence-electron chi connectivity index (χ0n) is 10.4. The van der Waals surface area contributed by atoms with E-state index < -0.39 is 0 Å². The molecule has 0 aliphatic rings. The van der Waals surface area contributed by atoms with Crippen molar-refractivity contribution in [3.8, 4) is 0 Å². The van der Waals surface area contributed by atoms with Crippen LogP contribution < -0.4 is 0 Å². The molecule has 90 valence electrons. The molecule has 0 bridgehead atoms. The van der Waals surface area contributed by atoms with Crippen LogP contribution >= 0.6 is 0 Å². The van der Waals surface area contributed by atoms with Crippen molar-refractivity contribution in [2.75, 3.05) is 7.11 Å².